The summed E-state index contributed by atoms with van der Waals surface area (Å²) in [5.41, 5.74) is 7.16. The highest BCUT2D eigenvalue weighted by Gasteiger charge is 2.39. The number of ether oxygens (including phenoxy) is 1. The Bertz CT molecular complexity index is 851. The number of halogens is 6. The van der Waals surface area contributed by atoms with Gasteiger partial charge in [0.05, 0.1) is 18.4 Å². The fourth-order valence-corrected chi connectivity index (χ4v) is 3.39. The van der Waals surface area contributed by atoms with E-state index < -0.39 is 58.5 Å². The third-order valence-corrected chi connectivity index (χ3v) is 4.99. The molecule has 2 unspecified atom stereocenters. The second-order valence-electron chi connectivity index (χ2n) is 7.32. The molecule has 0 bridgehead atoms. The van der Waals surface area contributed by atoms with E-state index in [-0.39, 0.29) is 0 Å². The molecule has 2 atom stereocenters. The highest BCUT2D eigenvalue weighted by atomic mass is 19.4. The van der Waals surface area contributed by atoms with Crippen LogP contribution in [0.1, 0.15) is 24.0 Å². The van der Waals surface area contributed by atoms with Gasteiger partial charge in [-0.25, -0.2) is 4.99 Å². The molecule has 1 aromatic rings. The topological polar surface area (TPSA) is 97.1 Å². The summed E-state index contributed by atoms with van der Waals surface area (Å²) in [7, 11) is 2.81. The Balaban J connectivity index is 2.51. The van der Waals surface area contributed by atoms with Crippen molar-refractivity contribution in [3.8, 4) is 5.75 Å². The van der Waals surface area contributed by atoms with Crippen LogP contribution in [0.15, 0.2) is 28.9 Å². The van der Waals surface area contributed by atoms with Crippen molar-refractivity contribution in [2.45, 2.75) is 31.3 Å². The van der Waals surface area contributed by atoms with Crippen LogP contribution in [0.3, 0.4) is 0 Å². The van der Waals surface area contributed by atoms with Gasteiger partial charge >= 0.3 is 12.4 Å². The van der Waals surface area contributed by atoms with Crippen LogP contribution in [0.5, 0.6) is 5.75 Å². The van der Waals surface area contributed by atoms with Crippen molar-refractivity contribution in [3.05, 3.63) is 35.0 Å². The average Bonchev–Trinajstić information content (AvgIpc) is 2.68. The predicted octanol–water partition coefficient (Wildman–Crippen LogP) is 2.96. The zero-order valence-corrected chi connectivity index (χ0v) is 16.9. The molecule has 1 saturated heterocycles. The Morgan fingerprint density at radius 1 is 1.23 bits per heavy atom. The lowest BCUT2D eigenvalue weighted by Crippen LogP contribution is -2.44. The third-order valence-electron chi connectivity index (χ3n) is 4.99. The van der Waals surface area contributed by atoms with E-state index in [0.29, 0.717) is 25.1 Å². The lowest BCUT2D eigenvalue weighted by atomic mass is 9.92. The molecule has 0 amide bonds. The Morgan fingerprint density at radius 2 is 1.87 bits per heavy atom. The third kappa shape index (κ3) is 6.03. The number of methoxy groups -OCH3 is 1. The summed E-state index contributed by atoms with van der Waals surface area (Å²) in [5, 5.41) is 10.4. The number of piperidine rings is 1. The van der Waals surface area contributed by atoms with Crippen LogP contribution in [0.4, 0.5) is 26.3 Å². The molecule has 31 heavy (non-hydrogen) atoms. The quantitative estimate of drug-likeness (QED) is 0.361. The predicted molar refractivity (Wildman–Crippen MR) is 103 cm³/mol. The number of nitrogens with two attached hydrogens (primary N) is 2. The van der Waals surface area contributed by atoms with E-state index in [9.17, 15) is 31.4 Å². The highest BCUT2D eigenvalue weighted by Crippen LogP contribution is 2.38. The number of amidine groups is 1. The smallest absolute Gasteiger partial charge is 0.435 e. The van der Waals surface area contributed by atoms with Gasteiger partial charge < -0.3 is 26.2 Å². The zero-order valence-electron chi connectivity index (χ0n) is 16.9. The molecule has 5 N–H and O–H groups in total. The number of rotatable bonds is 5. The molecule has 0 saturated carbocycles. The summed E-state index contributed by atoms with van der Waals surface area (Å²) in [6, 6.07) is 1.88. The van der Waals surface area contributed by atoms with Crippen LogP contribution in [0, 0.1) is 5.92 Å². The number of likely N-dealkylation sites (tertiary alicyclic amines) is 1. The summed E-state index contributed by atoms with van der Waals surface area (Å²) in [4.78, 5) is 5.26. The minimum atomic E-state index is -5.09. The molecular weight excluding hydrogens is 430 g/mol. The van der Waals surface area contributed by atoms with Crippen molar-refractivity contribution >= 4 is 11.5 Å². The van der Waals surface area contributed by atoms with Crippen LogP contribution >= 0.6 is 0 Å². The number of aliphatic hydroxyl groups is 1. The molecule has 12 heteroatoms. The van der Waals surface area contributed by atoms with Gasteiger partial charge in [-0.15, -0.1) is 0 Å². The number of hydrogen-bond donors (Lipinski definition) is 3. The maximum atomic E-state index is 13.7. The maximum Gasteiger partial charge on any atom is 0.435 e. The first-order valence-corrected chi connectivity index (χ1v) is 9.29. The Kier molecular flexibility index (Phi) is 7.48. The summed E-state index contributed by atoms with van der Waals surface area (Å²) in [6.45, 7) is 1.21. The van der Waals surface area contributed by atoms with Gasteiger partial charge in [0.15, 0.2) is 5.70 Å². The van der Waals surface area contributed by atoms with Crippen molar-refractivity contribution in [1.82, 2.24) is 4.90 Å². The SMILES string of the molecule is COc1cc(C(F)(F)F)ccc1/C(N)=C(/N=C(N)C(O)C1CCCN(C)C1)C(F)(F)F. The number of allylic oxidation sites excluding steroid dienone is 1. The van der Waals surface area contributed by atoms with Crippen molar-refractivity contribution in [3.63, 3.8) is 0 Å². The summed E-state index contributed by atoms with van der Waals surface area (Å²) < 4.78 is 84.5. The van der Waals surface area contributed by atoms with Gasteiger partial charge in [0.25, 0.3) is 0 Å². The molecular formula is C19H24F6N4O2. The number of aliphatic hydroxyl groups excluding tert-OH is 1. The summed E-state index contributed by atoms with van der Waals surface area (Å²) in [5.74, 6) is -1.61. The fraction of sp³-hybridized carbons (Fsp3) is 0.526. The first-order valence-electron chi connectivity index (χ1n) is 9.29. The van der Waals surface area contributed by atoms with Crippen molar-refractivity contribution in [1.29, 1.82) is 0 Å². The van der Waals surface area contributed by atoms with Gasteiger partial charge in [0, 0.05) is 18.0 Å². The Hall–Kier alpha value is -2.47. The molecule has 1 aliphatic rings. The Morgan fingerprint density at radius 3 is 2.39 bits per heavy atom. The van der Waals surface area contributed by atoms with E-state index in [1.54, 1.807) is 0 Å². The van der Waals surface area contributed by atoms with Crippen molar-refractivity contribution in [2.24, 2.45) is 22.4 Å². The average molecular weight is 454 g/mol. The number of benzene rings is 1. The van der Waals surface area contributed by atoms with Gasteiger partial charge in [-0.2, -0.15) is 26.3 Å². The molecule has 0 aliphatic carbocycles. The van der Waals surface area contributed by atoms with E-state index in [4.69, 9.17) is 16.2 Å². The monoisotopic (exact) mass is 454 g/mol. The van der Waals surface area contributed by atoms with E-state index in [0.717, 1.165) is 26.1 Å². The van der Waals surface area contributed by atoms with Crippen LogP contribution in [-0.4, -0.2) is 55.4 Å². The molecule has 1 fully saturated rings. The fourth-order valence-electron chi connectivity index (χ4n) is 3.39. The standard InChI is InChI=1S/C19H24F6N4O2/c1-29-7-3-4-10(9-29)15(30)17(27)28-16(19(23,24)25)14(26)12-6-5-11(18(20,21)22)8-13(12)31-2/h5-6,8,10,15,30H,3-4,7,9,26H2,1-2H3,(H2,27,28)/b16-14-. The maximum absolute atomic E-state index is 13.7. The van der Waals surface area contributed by atoms with Gasteiger partial charge in [0.2, 0.25) is 0 Å². The minimum Gasteiger partial charge on any atom is -0.496 e. The number of alkyl halides is 6. The van der Waals surface area contributed by atoms with Gasteiger partial charge in [-0.1, -0.05) is 0 Å². The number of hydrogen-bond acceptors (Lipinski definition) is 5. The molecule has 0 radical (unpaired) electrons. The van der Waals surface area contributed by atoms with E-state index in [1.807, 2.05) is 11.9 Å². The molecule has 0 spiro atoms. The molecule has 1 heterocycles. The first-order chi connectivity index (χ1) is 14.3. The summed E-state index contributed by atoms with van der Waals surface area (Å²) in [6.07, 6.45) is -9.97. The second kappa shape index (κ2) is 9.35. The first kappa shape index (κ1) is 24.8. The summed E-state index contributed by atoms with van der Waals surface area (Å²) >= 11 is 0. The number of nitrogens with zero attached hydrogens (tertiary/aromatic N) is 2. The van der Waals surface area contributed by atoms with Crippen molar-refractivity contribution in [2.75, 3.05) is 27.2 Å². The minimum absolute atomic E-state index is 0.418. The normalized spacial score (nSPS) is 20.9. The molecule has 2 rings (SSSR count). The van der Waals surface area contributed by atoms with Crippen LogP contribution < -0.4 is 16.2 Å². The molecule has 1 aliphatic heterocycles. The largest absolute Gasteiger partial charge is 0.496 e. The van der Waals surface area contributed by atoms with E-state index in [2.05, 4.69) is 4.99 Å². The lowest BCUT2D eigenvalue weighted by molar-refractivity contribution is -0.137. The second-order valence-corrected chi connectivity index (χ2v) is 7.32. The number of aliphatic imine (C=N–C) groups is 1. The molecule has 1 aromatic carbocycles. The lowest BCUT2D eigenvalue weighted by Gasteiger charge is -2.32. The van der Waals surface area contributed by atoms with E-state index >= 15 is 0 Å². The van der Waals surface area contributed by atoms with Crippen LogP contribution in [0.25, 0.3) is 5.70 Å². The zero-order chi connectivity index (χ0) is 23.6. The van der Waals surface area contributed by atoms with E-state index in [1.165, 1.54) is 0 Å². The Labute approximate surface area is 175 Å². The van der Waals surface area contributed by atoms with Gasteiger partial charge in [-0.3, -0.25) is 0 Å². The molecule has 6 nitrogen and oxygen atoms in total. The van der Waals surface area contributed by atoms with Gasteiger partial charge in [-0.05, 0) is 44.6 Å². The highest BCUT2D eigenvalue weighted by molar-refractivity contribution is 5.87. The van der Waals surface area contributed by atoms with Crippen molar-refractivity contribution < 1.29 is 36.2 Å². The van der Waals surface area contributed by atoms with Crippen LogP contribution in [-0.2, 0) is 6.18 Å². The molecule has 0 aromatic heterocycles. The molecule has 174 valence electrons. The van der Waals surface area contributed by atoms with Gasteiger partial charge in [0.1, 0.15) is 17.7 Å². The van der Waals surface area contributed by atoms with Crippen LogP contribution in [0.2, 0.25) is 0 Å².